The molecule has 1 nitrogen and oxygen atoms in total. The topological polar surface area (TPSA) is 20.2 Å². The Labute approximate surface area is 67.1 Å². The molecule has 0 radical (unpaired) electrons. The zero-order chi connectivity index (χ0) is 6.85. The maximum Gasteiger partial charge on any atom is 0.118 e. The molecule has 0 aliphatic carbocycles. The lowest BCUT2D eigenvalue weighted by Gasteiger charge is -1.97. The third-order valence-electron chi connectivity index (χ3n) is 1.36. The summed E-state index contributed by atoms with van der Waals surface area (Å²) >= 11 is 0. The van der Waals surface area contributed by atoms with Crippen molar-refractivity contribution in [3.63, 3.8) is 0 Å². The Balaban J connectivity index is 0.000000810. The van der Waals surface area contributed by atoms with Crippen LogP contribution < -0.4 is 0 Å². The van der Waals surface area contributed by atoms with Crippen LogP contribution >= 0.6 is 12.4 Å². The lowest BCUT2D eigenvalue weighted by molar-refractivity contribution is 0.470. The van der Waals surface area contributed by atoms with Gasteiger partial charge in [0.2, 0.25) is 0 Å². The summed E-state index contributed by atoms with van der Waals surface area (Å²) in [5, 5.41) is 9.10. The third kappa shape index (κ3) is 1.92. The standard InChI is InChI=1S/C8H10O.ClH/c1-6-3-4-7(2)8(9)5-6;/h3-5,9H,1-2H3;1H. The molecule has 10 heavy (non-hydrogen) atoms. The molecule has 0 saturated heterocycles. The van der Waals surface area contributed by atoms with Crippen molar-refractivity contribution < 1.29 is 5.11 Å². The van der Waals surface area contributed by atoms with Crippen LogP contribution in [0.2, 0.25) is 0 Å². The summed E-state index contributed by atoms with van der Waals surface area (Å²) in [6.07, 6.45) is 0. The van der Waals surface area contributed by atoms with E-state index in [1.807, 2.05) is 26.0 Å². The highest BCUT2D eigenvalue weighted by Crippen LogP contribution is 2.15. The van der Waals surface area contributed by atoms with E-state index in [2.05, 4.69) is 0 Å². The summed E-state index contributed by atoms with van der Waals surface area (Å²) in [6, 6.07) is 5.65. The van der Waals surface area contributed by atoms with Crippen molar-refractivity contribution in [2.45, 2.75) is 13.8 Å². The van der Waals surface area contributed by atoms with Gasteiger partial charge >= 0.3 is 0 Å². The number of aryl methyl sites for hydroxylation is 2. The van der Waals surface area contributed by atoms with Gasteiger partial charge in [-0.05, 0) is 31.0 Å². The number of aromatic hydroxyl groups is 1. The summed E-state index contributed by atoms with van der Waals surface area (Å²) in [5.74, 6) is 0.384. The number of hydrogen-bond donors (Lipinski definition) is 1. The molecule has 0 amide bonds. The molecule has 0 heterocycles. The van der Waals surface area contributed by atoms with Gasteiger partial charge in [-0.1, -0.05) is 12.1 Å². The normalized spacial score (nSPS) is 8.60. The van der Waals surface area contributed by atoms with Crippen LogP contribution in [0, 0.1) is 13.8 Å². The monoisotopic (exact) mass is 158 g/mol. The predicted molar refractivity (Wildman–Crippen MR) is 44.8 cm³/mol. The SMILES string of the molecule is Cc1ccc(C)c(O)c1.Cl. The van der Waals surface area contributed by atoms with Gasteiger partial charge < -0.3 is 5.11 Å². The van der Waals surface area contributed by atoms with Crippen LogP contribution in [0.15, 0.2) is 18.2 Å². The Morgan fingerprint density at radius 3 is 2.20 bits per heavy atom. The molecule has 0 spiro atoms. The first-order chi connectivity index (χ1) is 4.20. The smallest absolute Gasteiger partial charge is 0.118 e. The highest BCUT2D eigenvalue weighted by molar-refractivity contribution is 5.85. The second kappa shape index (κ2) is 3.47. The fourth-order valence-corrected chi connectivity index (χ4v) is 0.719. The molecule has 1 aromatic carbocycles. The van der Waals surface area contributed by atoms with Crippen LogP contribution in [0.5, 0.6) is 5.75 Å². The van der Waals surface area contributed by atoms with Gasteiger partial charge in [-0.15, -0.1) is 12.4 Å². The largest absolute Gasteiger partial charge is 0.508 e. The Bertz CT molecular complexity index is 220. The summed E-state index contributed by atoms with van der Waals surface area (Å²) in [4.78, 5) is 0. The van der Waals surface area contributed by atoms with Gasteiger partial charge in [0.05, 0.1) is 0 Å². The molecular weight excluding hydrogens is 148 g/mol. The summed E-state index contributed by atoms with van der Waals surface area (Å²) in [7, 11) is 0. The van der Waals surface area contributed by atoms with Crippen molar-refractivity contribution in [3.05, 3.63) is 29.3 Å². The molecule has 1 aromatic rings. The molecule has 0 aromatic heterocycles. The molecule has 0 aliphatic rings. The average Bonchev–Trinajstić information content (AvgIpc) is 1.80. The van der Waals surface area contributed by atoms with Crippen molar-refractivity contribution >= 4 is 12.4 Å². The number of halogens is 1. The minimum Gasteiger partial charge on any atom is -0.508 e. The van der Waals surface area contributed by atoms with Gasteiger partial charge in [-0.2, -0.15) is 0 Å². The predicted octanol–water partition coefficient (Wildman–Crippen LogP) is 2.43. The Kier molecular flexibility index (Phi) is 3.23. The van der Waals surface area contributed by atoms with E-state index < -0.39 is 0 Å². The summed E-state index contributed by atoms with van der Waals surface area (Å²) < 4.78 is 0. The van der Waals surface area contributed by atoms with Gasteiger partial charge in [0, 0.05) is 0 Å². The van der Waals surface area contributed by atoms with E-state index >= 15 is 0 Å². The quantitative estimate of drug-likeness (QED) is 0.615. The van der Waals surface area contributed by atoms with Crippen molar-refractivity contribution in [2.24, 2.45) is 0 Å². The van der Waals surface area contributed by atoms with E-state index in [1.165, 1.54) is 0 Å². The Hall–Kier alpha value is -0.690. The molecule has 1 rings (SSSR count). The number of phenolic OH excluding ortho intramolecular Hbond substituents is 1. The molecule has 2 heteroatoms. The lowest BCUT2D eigenvalue weighted by Crippen LogP contribution is -1.74. The zero-order valence-corrected chi connectivity index (χ0v) is 6.90. The second-order valence-electron chi connectivity index (χ2n) is 2.29. The van der Waals surface area contributed by atoms with Crippen LogP contribution in [0.4, 0.5) is 0 Å². The maximum absolute atomic E-state index is 9.10. The zero-order valence-electron chi connectivity index (χ0n) is 6.09. The fraction of sp³-hybridized carbons (Fsp3) is 0.250. The molecule has 0 aliphatic heterocycles. The molecule has 0 unspecified atom stereocenters. The number of rotatable bonds is 0. The molecule has 0 bridgehead atoms. The van der Waals surface area contributed by atoms with Crippen LogP contribution in [0.1, 0.15) is 11.1 Å². The average molecular weight is 159 g/mol. The third-order valence-corrected chi connectivity index (χ3v) is 1.36. The first-order valence-electron chi connectivity index (χ1n) is 2.96. The van der Waals surface area contributed by atoms with E-state index in [1.54, 1.807) is 6.07 Å². The van der Waals surface area contributed by atoms with Crippen molar-refractivity contribution in [1.82, 2.24) is 0 Å². The maximum atomic E-state index is 9.10. The van der Waals surface area contributed by atoms with Crippen LogP contribution in [-0.2, 0) is 0 Å². The van der Waals surface area contributed by atoms with Crippen LogP contribution in [-0.4, -0.2) is 5.11 Å². The van der Waals surface area contributed by atoms with E-state index in [-0.39, 0.29) is 12.4 Å². The lowest BCUT2D eigenvalue weighted by atomic mass is 10.1. The number of benzene rings is 1. The molecular formula is C8H11ClO. The summed E-state index contributed by atoms with van der Waals surface area (Å²) in [5.41, 5.74) is 2.03. The van der Waals surface area contributed by atoms with Crippen molar-refractivity contribution in [1.29, 1.82) is 0 Å². The number of hydrogen-bond acceptors (Lipinski definition) is 1. The van der Waals surface area contributed by atoms with Crippen LogP contribution in [0.3, 0.4) is 0 Å². The second-order valence-corrected chi connectivity index (χ2v) is 2.29. The number of phenols is 1. The highest BCUT2D eigenvalue weighted by Gasteiger charge is 1.91. The highest BCUT2D eigenvalue weighted by atomic mass is 35.5. The van der Waals surface area contributed by atoms with E-state index in [0.29, 0.717) is 5.75 Å². The molecule has 1 N–H and O–H groups in total. The first kappa shape index (κ1) is 9.31. The fourth-order valence-electron chi connectivity index (χ4n) is 0.719. The minimum atomic E-state index is 0. The molecule has 0 atom stereocenters. The summed E-state index contributed by atoms with van der Waals surface area (Å²) in [6.45, 7) is 3.84. The van der Waals surface area contributed by atoms with Gasteiger partial charge in [0.25, 0.3) is 0 Å². The minimum absolute atomic E-state index is 0. The van der Waals surface area contributed by atoms with Gasteiger partial charge in [0.15, 0.2) is 0 Å². The van der Waals surface area contributed by atoms with E-state index in [0.717, 1.165) is 11.1 Å². The van der Waals surface area contributed by atoms with Gasteiger partial charge in [-0.3, -0.25) is 0 Å². The molecule has 0 fully saturated rings. The van der Waals surface area contributed by atoms with Gasteiger partial charge in [-0.25, -0.2) is 0 Å². The molecule has 56 valence electrons. The van der Waals surface area contributed by atoms with E-state index in [4.69, 9.17) is 5.11 Å². The van der Waals surface area contributed by atoms with Crippen molar-refractivity contribution in [2.75, 3.05) is 0 Å². The van der Waals surface area contributed by atoms with Gasteiger partial charge in [0.1, 0.15) is 5.75 Å². The Morgan fingerprint density at radius 1 is 1.20 bits per heavy atom. The van der Waals surface area contributed by atoms with Crippen molar-refractivity contribution in [3.8, 4) is 5.75 Å². The first-order valence-corrected chi connectivity index (χ1v) is 2.96. The van der Waals surface area contributed by atoms with E-state index in [9.17, 15) is 0 Å². The van der Waals surface area contributed by atoms with Crippen LogP contribution in [0.25, 0.3) is 0 Å². The Morgan fingerprint density at radius 2 is 1.80 bits per heavy atom. The molecule has 0 saturated carbocycles.